The zero-order valence-corrected chi connectivity index (χ0v) is 18.1. The van der Waals surface area contributed by atoms with Gasteiger partial charge in [0.15, 0.2) is 5.71 Å². The molecule has 0 aliphatic heterocycles. The molecule has 1 amide bonds. The highest BCUT2D eigenvalue weighted by Crippen LogP contribution is 2.20. The number of esters is 1. The maximum absolute atomic E-state index is 12.2. The highest BCUT2D eigenvalue weighted by Gasteiger charge is 2.20. The fourth-order valence-electron chi connectivity index (χ4n) is 2.61. The second-order valence-electron chi connectivity index (χ2n) is 7.50. The molecule has 2 rings (SSSR count). The number of amides is 1. The quantitative estimate of drug-likeness (QED) is 0.426. The predicted molar refractivity (Wildman–Crippen MR) is 113 cm³/mol. The first-order chi connectivity index (χ1) is 14.2. The Morgan fingerprint density at radius 1 is 1.20 bits per heavy atom. The Morgan fingerprint density at radius 3 is 2.50 bits per heavy atom. The van der Waals surface area contributed by atoms with Crippen LogP contribution < -0.4 is 10.1 Å². The largest absolute Gasteiger partial charge is 0.473 e. The standard InChI is InChI=1S/C22H27N3O5/c1-14-11-16(21(27)30-22(2,3)4)12-24-20(14)29-13-15-9-7-8-10-17(15)18(25-28-6)19(26)23-5/h7-12H,13H2,1-6H3,(H,23,26)/b25-18-. The van der Waals surface area contributed by atoms with Gasteiger partial charge >= 0.3 is 5.97 Å². The molecule has 0 atom stereocenters. The summed E-state index contributed by atoms with van der Waals surface area (Å²) in [6, 6.07) is 8.89. The third kappa shape index (κ3) is 6.04. The van der Waals surface area contributed by atoms with E-state index in [0.717, 1.165) is 5.56 Å². The fraction of sp³-hybridized carbons (Fsp3) is 0.364. The first-order valence-corrected chi connectivity index (χ1v) is 9.40. The van der Waals surface area contributed by atoms with Crippen molar-refractivity contribution in [3.05, 3.63) is 58.8 Å². The average Bonchev–Trinajstić information content (AvgIpc) is 2.69. The number of ether oxygens (including phenoxy) is 2. The molecule has 30 heavy (non-hydrogen) atoms. The normalized spacial score (nSPS) is 11.6. The first-order valence-electron chi connectivity index (χ1n) is 9.40. The van der Waals surface area contributed by atoms with E-state index in [2.05, 4.69) is 15.5 Å². The Hall–Kier alpha value is -3.42. The summed E-state index contributed by atoms with van der Waals surface area (Å²) in [5, 5.41) is 6.39. The molecule has 0 aliphatic rings. The maximum atomic E-state index is 12.2. The van der Waals surface area contributed by atoms with E-state index >= 15 is 0 Å². The molecule has 0 spiro atoms. The summed E-state index contributed by atoms with van der Waals surface area (Å²) in [5.41, 5.74) is 1.91. The van der Waals surface area contributed by atoms with Gasteiger partial charge in [0.25, 0.3) is 5.91 Å². The molecule has 0 fully saturated rings. The number of aryl methyl sites for hydroxylation is 1. The number of carbonyl (C=O) groups is 2. The lowest BCUT2D eigenvalue weighted by atomic mass is 10.0. The average molecular weight is 413 g/mol. The molecule has 8 nitrogen and oxygen atoms in total. The second kappa shape index (κ2) is 9.87. The third-order valence-corrected chi connectivity index (χ3v) is 3.93. The summed E-state index contributed by atoms with van der Waals surface area (Å²) in [7, 11) is 2.90. The monoisotopic (exact) mass is 413 g/mol. The number of hydrogen-bond donors (Lipinski definition) is 1. The lowest BCUT2D eigenvalue weighted by Crippen LogP contribution is -2.29. The van der Waals surface area contributed by atoms with E-state index in [-0.39, 0.29) is 18.2 Å². The van der Waals surface area contributed by atoms with E-state index < -0.39 is 11.6 Å². The summed E-state index contributed by atoms with van der Waals surface area (Å²) in [4.78, 5) is 33.4. The van der Waals surface area contributed by atoms with E-state index in [9.17, 15) is 9.59 Å². The van der Waals surface area contributed by atoms with Crippen molar-refractivity contribution in [1.82, 2.24) is 10.3 Å². The molecule has 1 heterocycles. The number of oxime groups is 1. The van der Waals surface area contributed by atoms with Gasteiger partial charge in [-0.1, -0.05) is 29.4 Å². The van der Waals surface area contributed by atoms with Crippen molar-refractivity contribution in [2.45, 2.75) is 39.9 Å². The summed E-state index contributed by atoms with van der Waals surface area (Å²) in [6.07, 6.45) is 1.42. The highest BCUT2D eigenvalue weighted by molar-refractivity contribution is 6.45. The van der Waals surface area contributed by atoms with E-state index in [1.165, 1.54) is 20.4 Å². The molecule has 8 heteroatoms. The maximum Gasteiger partial charge on any atom is 0.340 e. The predicted octanol–water partition coefficient (Wildman–Crippen LogP) is 3.02. The number of likely N-dealkylation sites (N-methyl/N-ethyl adjacent to an activating group) is 1. The number of aromatic nitrogens is 1. The minimum absolute atomic E-state index is 0.143. The van der Waals surface area contributed by atoms with Crippen LogP contribution in [-0.2, 0) is 21.0 Å². The molecular formula is C22H27N3O5. The van der Waals surface area contributed by atoms with Crippen LogP contribution in [-0.4, -0.2) is 42.3 Å². The van der Waals surface area contributed by atoms with Gasteiger partial charge in [0.05, 0.1) is 5.56 Å². The number of nitrogens with zero attached hydrogens (tertiary/aromatic N) is 2. The molecule has 0 aliphatic carbocycles. The zero-order chi connectivity index (χ0) is 22.3. The lowest BCUT2D eigenvalue weighted by Gasteiger charge is -2.19. The van der Waals surface area contributed by atoms with E-state index in [1.54, 1.807) is 45.9 Å². The topological polar surface area (TPSA) is 99.1 Å². The highest BCUT2D eigenvalue weighted by atomic mass is 16.6. The summed E-state index contributed by atoms with van der Waals surface area (Å²) in [6.45, 7) is 7.36. The first kappa shape index (κ1) is 22.9. The molecule has 160 valence electrons. The van der Waals surface area contributed by atoms with Crippen LogP contribution in [0, 0.1) is 6.92 Å². The molecule has 0 radical (unpaired) electrons. The minimum Gasteiger partial charge on any atom is -0.473 e. The van der Waals surface area contributed by atoms with Gasteiger partial charge in [0.1, 0.15) is 19.3 Å². The van der Waals surface area contributed by atoms with Gasteiger partial charge in [0.2, 0.25) is 5.88 Å². The second-order valence-corrected chi connectivity index (χ2v) is 7.50. The van der Waals surface area contributed by atoms with Crippen LogP contribution in [0.3, 0.4) is 0 Å². The number of pyridine rings is 1. The third-order valence-electron chi connectivity index (χ3n) is 3.93. The Labute approximate surface area is 176 Å². The van der Waals surface area contributed by atoms with Gasteiger partial charge in [-0.3, -0.25) is 4.79 Å². The van der Waals surface area contributed by atoms with Gasteiger partial charge in [-0.2, -0.15) is 0 Å². The van der Waals surface area contributed by atoms with E-state index in [4.69, 9.17) is 14.3 Å². The number of hydrogen-bond acceptors (Lipinski definition) is 7. The van der Waals surface area contributed by atoms with Gasteiger partial charge in [-0.15, -0.1) is 0 Å². The van der Waals surface area contributed by atoms with Crippen LogP contribution in [0.1, 0.15) is 47.8 Å². The summed E-state index contributed by atoms with van der Waals surface area (Å²) < 4.78 is 11.2. The lowest BCUT2D eigenvalue weighted by molar-refractivity contribution is -0.114. The van der Waals surface area contributed by atoms with Crippen molar-refractivity contribution in [2.75, 3.05) is 14.2 Å². The fourth-order valence-corrected chi connectivity index (χ4v) is 2.61. The van der Waals surface area contributed by atoms with Crippen molar-refractivity contribution >= 4 is 17.6 Å². The van der Waals surface area contributed by atoms with Crippen LogP contribution in [0.15, 0.2) is 41.7 Å². The summed E-state index contributed by atoms with van der Waals surface area (Å²) >= 11 is 0. The number of nitrogens with one attached hydrogen (secondary N) is 1. The van der Waals surface area contributed by atoms with Crippen molar-refractivity contribution in [3.8, 4) is 5.88 Å². The van der Waals surface area contributed by atoms with Gasteiger partial charge < -0.3 is 19.6 Å². The van der Waals surface area contributed by atoms with Crippen molar-refractivity contribution in [1.29, 1.82) is 0 Å². The van der Waals surface area contributed by atoms with Crippen LogP contribution in [0.5, 0.6) is 5.88 Å². The van der Waals surface area contributed by atoms with Crippen molar-refractivity contribution in [2.24, 2.45) is 5.16 Å². The molecule has 2 aromatic rings. The minimum atomic E-state index is -0.587. The zero-order valence-electron chi connectivity index (χ0n) is 18.1. The molecule has 1 aromatic heterocycles. The van der Waals surface area contributed by atoms with Gasteiger partial charge in [-0.05, 0) is 39.3 Å². The van der Waals surface area contributed by atoms with E-state index in [1.807, 2.05) is 12.1 Å². The Balaban J connectivity index is 2.21. The molecule has 0 unspecified atom stereocenters. The SMILES string of the molecule is CNC(=O)/C(=N\OC)c1ccccc1COc1ncc(C(=O)OC(C)(C)C)cc1C. The molecular weight excluding hydrogens is 386 g/mol. The smallest absolute Gasteiger partial charge is 0.340 e. The Morgan fingerprint density at radius 2 is 1.90 bits per heavy atom. The molecule has 1 N–H and O–H groups in total. The van der Waals surface area contributed by atoms with Gasteiger partial charge in [-0.25, -0.2) is 9.78 Å². The van der Waals surface area contributed by atoms with E-state index in [0.29, 0.717) is 22.6 Å². The van der Waals surface area contributed by atoms with Gasteiger partial charge in [0, 0.05) is 24.4 Å². The van der Waals surface area contributed by atoms with Crippen molar-refractivity contribution < 1.29 is 23.9 Å². The van der Waals surface area contributed by atoms with Crippen molar-refractivity contribution in [3.63, 3.8) is 0 Å². The van der Waals surface area contributed by atoms with Crippen LogP contribution in [0.25, 0.3) is 0 Å². The Kier molecular flexibility index (Phi) is 7.52. The summed E-state index contributed by atoms with van der Waals surface area (Å²) in [5.74, 6) is -0.441. The number of carbonyl (C=O) groups excluding carboxylic acids is 2. The molecule has 1 aromatic carbocycles. The molecule has 0 bridgehead atoms. The molecule has 0 saturated heterocycles. The van der Waals surface area contributed by atoms with Crippen LogP contribution in [0.4, 0.5) is 0 Å². The van der Waals surface area contributed by atoms with Crippen LogP contribution in [0.2, 0.25) is 0 Å². The van der Waals surface area contributed by atoms with Crippen LogP contribution >= 0.6 is 0 Å². The Bertz CT molecular complexity index is 948. The molecule has 0 saturated carbocycles. The number of rotatable bonds is 7. The number of benzene rings is 1.